The number of aromatic nitrogens is 2. The van der Waals surface area contributed by atoms with Crippen LogP contribution in [0.1, 0.15) is 46.1 Å². The lowest BCUT2D eigenvalue weighted by atomic mass is 10.0. The molecule has 2 N–H and O–H groups in total. The summed E-state index contributed by atoms with van der Waals surface area (Å²) >= 11 is 0. The van der Waals surface area contributed by atoms with E-state index in [0.29, 0.717) is 17.2 Å². The van der Waals surface area contributed by atoms with Crippen molar-refractivity contribution in [2.45, 2.75) is 38.6 Å². The molecule has 4 rings (SSSR count). The van der Waals surface area contributed by atoms with Crippen LogP contribution in [0.2, 0.25) is 0 Å². The minimum atomic E-state index is -3.93. The van der Waals surface area contributed by atoms with Crippen LogP contribution in [0, 0.1) is 19.8 Å². The number of anilines is 2. The lowest BCUT2D eigenvalue weighted by molar-refractivity contribution is -0.121. The lowest BCUT2D eigenvalue weighted by Crippen LogP contribution is -2.50. The molecule has 3 aromatic rings. The van der Waals surface area contributed by atoms with Gasteiger partial charge in [-0.05, 0) is 56.2 Å². The SMILES string of the molecule is Cc1cc(NS(=O)(=O)c2ccc(NC(=O)[C@H](C(C)C)N3C(=O)c4ccccc4C3=O)cc2)nc(C)n1. The zero-order chi connectivity index (χ0) is 26.2. The molecule has 1 atom stereocenters. The van der Waals surface area contributed by atoms with E-state index in [1.165, 1.54) is 30.3 Å². The molecule has 0 aliphatic carbocycles. The van der Waals surface area contributed by atoms with Crippen LogP contribution in [-0.4, -0.2) is 47.0 Å². The fourth-order valence-electron chi connectivity index (χ4n) is 4.08. The van der Waals surface area contributed by atoms with Gasteiger partial charge < -0.3 is 5.32 Å². The number of hydrogen-bond acceptors (Lipinski definition) is 7. The Hall–Kier alpha value is -4.12. The van der Waals surface area contributed by atoms with E-state index in [2.05, 4.69) is 20.0 Å². The van der Waals surface area contributed by atoms with Gasteiger partial charge in [-0.25, -0.2) is 18.4 Å². The van der Waals surface area contributed by atoms with E-state index in [0.717, 1.165) is 4.90 Å². The topological polar surface area (TPSA) is 138 Å². The van der Waals surface area contributed by atoms with E-state index >= 15 is 0 Å². The van der Waals surface area contributed by atoms with Crippen LogP contribution < -0.4 is 10.0 Å². The zero-order valence-corrected chi connectivity index (χ0v) is 21.0. The molecule has 1 aliphatic rings. The van der Waals surface area contributed by atoms with Gasteiger partial charge in [0.25, 0.3) is 21.8 Å². The predicted molar refractivity (Wildman–Crippen MR) is 133 cm³/mol. The monoisotopic (exact) mass is 507 g/mol. The van der Waals surface area contributed by atoms with E-state index in [4.69, 9.17) is 0 Å². The molecule has 1 aromatic heterocycles. The maximum Gasteiger partial charge on any atom is 0.263 e. The molecule has 10 nitrogen and oxygen atoms in total. The third kappa shape index (κ3) is 4.82. The summed E-state index contributed by atoms with van der Waals surface area (Å²) in [6.07, 6.45) is 0. The standard InChI is InChI=1S/C25H25N5O5S/c1-14(2)22(30-24(32)19-7-5-6-8-20(19)25(30)33)23(31)28-17-9-11-18(12-10-17)36(34,35)29-21-13-15(3)26-16(4)27-21/h5-14,22H,1-4H3,(H,28,31)(H,26,27,29)/t22-/m0/s1. The molecule has 11 heteroatoms. The van der Waals surface area contributed by atoms with Gasteiger partial charge in [0.05, 0.1) is 16.0 Å². The molecule has 3 amide bonds. The van der Waals surface area contributed by atoms with Crippen LogP contribution >= 0.6 is 0 Å². The van der Waals surface area contributed by atoms with Gasteiger partial charge in [0.2, 0.25) is 5.91 Å². The molecule has 0 fully saturated rings. The second kappa shape index (κ2) is 9.50. The molecule has 0 saturated carbocycles. The van der Waals surface area contributed by atoms with Crippen LogP contribution in [0.3, 0.4) is 0 Å². The van der Waals surface area contributed by atoms with Crippen molar-refractivity contribution in [2.24, 2.45) is 5.92 Å². The summed E-state index contributed by atoms with van der Waals surface area (Å²) < 4.78 is 28.0. The molecular formula is C25H25N5O5S. The molecule has 0 spiro atoms. The molecule has 36 heavy (non-hydrogen) atoms. The van der Waals surface area contributed by atoms with Crippen molar-refractivity contribution >= 4 is 39.3 Å². The number of imide groups is 1. The number of hydrogen-bond donors (Lipinski definition) is 2. The smallest absolute Gasteiger partial charge is 0.263 e. The van der Waals surface area contributed by atoms with Crippen molar-refractivity contribution < 1.29 is 22.8 Å². The number of nitrogens with one attached hydrogen (secondary N) is 2. The Bertz CT molecular complexity index is 1410. The minimum Gasteiger partial charge on any atom is -0.324 e. The van der Waals surface area contributed by atoms with E-state index in [1.54, 1.807) is 52.0 Å². The Kier molecular flexibility index (Phi) is 6.59. The van der Waals surface area contributed by atoms with Gasteiger partial charge in [0, 0.05) is 17.4 Å². The molecule has 2 aromatic carbocycles. The fourth-order valence-corrected chi connectivity index (χ4v) is 5.07. The first kappa shape index (κ1) is 25.0. The number of amides is 3. The molecular weight excluding hydrogens is 482 g/mol. The molecule has 186 valence electrons. The number of rotatable bonds is 7. The summed E-state index contributed by atoms with van der Waals surface area (Å²) in [5.74, 6) is -1.38. The van der Waals surface area contributed by atoms with E-state index < -0.39 is 33.8 Å². The Morgan fingerprint density at radius 2 is 1.50 bits per heavy atom. The van der Waals surface area contributed by atoms with Gasteiger partial charge in [0.1, 0.15) is 17.7 Å². The number of sulfonamides is 1. The third-order valence-electron chi connectivity index (χ3n) is 5.64. The van der Waals surface area contributed by atoms with Gasteiger partial charge in [-0.15, -0.1) is 0 Å². The van der Waals surface area contributed by atoms with Crippen LogP contribution in [0.4, 0.5) is 11.5 Å². The van der Waals surface area contributed by atoms with Crippen molar-refractivity contribution in [2.75, 3.05) is 10.0 Å². The molecule has 0 radical (unpaired) electrons. The Morgan fingerprint density at radius 3 is 2.03 bits per heavy atom. The number of carbonyl (C=O) groups is 3. The summed E-state index contributed by atoms with van der Waals surface area (Å²) in [7, 11) is -3.93. The van der Waals surface area contributed by atoms with Gasteiger partial charge in [-0.2, -0.15) is 0 Å². The van der Waals surface area contributed by atoms with Crippen LogP contribution in [0.15, 0.2) is 59.5 Å². The van der Waals surface area contributed by atoms with E-state index in [1.807, 2.05) is 0 Å². The minimum absolute atomic E-state index is 0.0322. The van der Waals surface area contributed by atoms with Gasteiger partial charge in [-0.3, -0.25) is 24.0 Å². The highest BCUT2D eigenvalue weighted by Gasteiger charge is 2.43. The quantitative estimate of drug-likeness (QED) is 0.469. The number of aryl methyl sites for hydroxylation is 2. The number of nitrogens with zero attached hydrogens (tertiary/aromatic N) is 3. The summed E-state index contributed by atoms with van der Waals surface area (Å²) in [6, 6.07) is 12.5. The van der Waals surface area contributed by atoms with Crippen molar-refractivity contribution in [3.8, 4) is 0 Å². The Morgan fingerprint density at radius 1 is 0.917 bits per heavy atom. The number of fused-ring (bicyclic) bond motifs is 1. The van der Waals surface area contributed by atoms with E-state index in [-0.39, 0.29) is 27.8 Å². The van der Waals surface area contributed by atoms with Gasteiger partial charge in [-0.1, -0.05) is 26.0 Å². The van der Waals surface area contributed by atoms with Gasteiger partial charge >= 0.3 is 0 Å². The predicted octanol–water partition coefficient (Wildman–Crippen LogP) is 3.15. The maximum atomic E-state index is 13.2. The lowest BCUT2D eigenvalue weighted by Gasteiger charge is -2.28. The van der Waals surface area contributed by atoms with E-state index in [9.17, 15) is 22.8 Å². The van der Waals surface area contributed by atoms with Crippen LogP contribution in [0.25, 0.3) is 0 Å². The van der Waals surface area contributed by atoms with Gasteiger partial charge in [0.15, 0.2) is 0 Å². The van der Waals surface area contributed by atoms with Crippen molar-refractivity contribution in [3.63, 3.8) is 0 Å². The molecule has 0 unspecified atom stereocenters. The first-order valence-corrected chi connectivity index (χ1v) is 12.7. The highest BCUT2D eigenvalue weighted by Crippen LogP contribution is 2.28. The normalized spacial score (nSPS) is 14.1. The van der Waals surface area contributed by atoms with Crippen LogP contribution in [0.5, 0.6) is 0 Å². The third-order valence-corrected chi connectivity index (χ3v) is 7.01. The van der Waals surface area contributed by atoms with Crippen LogP contribution in [-0.2, 0) is 14.8 Å². The fraction of sp³-hybridized carbons (Fsp3) is 0.240. The highest BCUT2D eigenvalue weighted by molar-refractivity contribution is 7.92. The molecule has 2 heterocycles. The molecule has 0 bridgehead atoms. The second-order valence-corrected chi connectivity index (χ2v) is 10.5. The first-order valence-electron chi connectivity index (χ1n) is 11.2. The van der Waals surface area contributed by atoms with Crippen molar-refractivity contribution in [1.82, 2.24) is 14.9 Å². The summed E-state index contributed by atoms with van der Waals surface area (Å²) in [5.41, 5.74) is 1.46. The largest absolute Gasteiger partial charge is 0.324 e. The zero-order valence-electron chi connectivity index (χ0n) is 20.1. The maximum absolute atomic E-state index is 13.2. The summed E-state index contributed by atoms with van der Waals surface area (Å²) in [4.78, 5) is 48.1. The highest BCUT2D eigenvalue weighted by atomic mass is 32.2. The Labute approximate surface area is 208 Å². The average molecular weight is 508 g/mol. The molecule has 1 aliphatic heterocycles. The number of carbonyl (C=O) groups excluding carboxylic acids is 3. The second-order valence-electron chi connectivity index (χ2n) is 8.78. The summed E-state index contributed by atoms with van der Waals surface area (Å²) in [5, 5.41) is 2.69. The summed E-state index contributed by atoms with van der Waals surface area (Å²) in [6.45, 7) is 6.88. The van der Waals surface area contributed by atoms with Crippen molar-refractivity contribution in [1.29, 1.82) is 0 Å². The molecule has 0 saturated heterocycles. The average Bonchev–Trinajstić information content (AvgIpc) is 3.04. The first-order chi connectivity index (χ1) is 17.0. The number of benzene rings is 2. The Balaban J connectivity index is 1.51. The van der Waals surface area contributed by atoms with Crippen molar-refractivity contribution in [3.05, 3.63) is 77.2 Å².